The van der Waals surface area contributed by atoms with Gasteiger partial charge in [-0.25, -0.2) is 0 Å². The zero-order chi connectivity index (χ0) is 18.1. The maximum Gasteiger partial charge on any atom is 0.194 e. The van der Waals surface area contributed by atoms with Gasteiger partial charge >= 0.3 is 0 Å². The number of hydrogen-bond acceptors (Lipinski definition) is 3. The van der Waals surface area contributed by atoms with Crippen LogP contribution in [0.1, 0.15) is 43.0 Å². The average molecular weight is 340 g/mol. The molecule has 3 aromatic carbocycles. The van der Waals surface area contributed by atoms with Crippen molar-refractivity contribution in [1.82, 2.24) is 0 Å². The number of ketones is 2. The summed E-state index contributed by atoms with van der Waals surface area (Å²) in [6.07, 6.45) is 3.85. The van der Waals surface area contributed by atoms with Crippen LogP contribution in [0.2, 0.25) is 0 Å². The van der Waals surface area contributed by atoms with Gasteiger partial charge in [0.25, 0.3) is 0 Å². The molecule has 0 aliphatic heterocycles. The minimum atomic E-state index is -0.109. The van der Waals surface area contributed by atoms with Gasteiger partial charge in [0.2, 0.25) is 0 Å². The lowest BCUT2D eigenvalue weighted by Gasteiger charge is -2.17. The molecule has 1 aliphatic carbocycles. The second-order valence-corrected chi connectivity index (χ2v) is 6.08. The largest absolute Gasteiger partial charge is 0.496 e. The Morgan fingerprint density at radius 2 is 1.31 bits per heavy atom. The first-order valence-corrected chi connectivity index (χ1v) is 8.32. The van der Waals surface area contributed by atoms with E-state index in [1.54, 1.807) is 43.5 Å². The molecule has 0 unspecified atom stereocenters. The minimum absolute atomic E-state index is 0.101. The lowest BCUT2D eigenvalue weighted by molar-refractivity contribution is 0.0979. The molecular formula is C23H16O3. The monoisotopic (exact) mass is 340 g/mol. The Morgan fingerprint density at radius 1 is 0.692 bits per heavy atom. The smallest absolute Gasteiger partial charge is 0.194 e. The van der Waals surface area contributed by atoms with Crippen LogP contribution in [0.3, 0.4) is 0 Å². The van der Waals surface area contributed by atoms with Gasteiger partial charge < -0.3 is 4.74 Å². The molecule has 0 heterocycles. The van der Waals surface area contributed by atoms with Crippen LogP contribution in [-0.4, -0.2) is 18.7 Å². The second-order valence-electron chi connectivity index (χ2n) is 6.08. The summed E-state index contributed by atoms with van der Waals surface area (Å²) in [5.74, 6) is 0.570. The van der Waals surface area contributed by atoms with Crippen LogP contribution in [-0.2, 0) is 0 Å². The zero-order valence-corrected chi connectivity index (χ0v) is 14.2. The number of carbonyl (C=O) groups is 2. The fraction of sp³-hybridized carbons (Fsp3) is 0.0435. The van der Waals surface area contributed by atoms with Gasteiger partial charge in [-0.15, -0.1) is 0 Å². The summed E-state index contributed by atoms with van der Waals surface area (Å²) in [6.45, 7) is 0. The van der Waals surface area contributed by atoms with Gasteiger partial charge in [-0.1, -0.05) is 60.7 Å². The third-order valence-electron chi connectivity index (χ3n) is 4.54. The number of carbonyl (C=O) groups excluding carboxylic acids is 2. The van der Waals surface area contributed by atoms with Crippen LogP contribution in [0, 0.1) is 0 Å². The lowest BCUT2D eigenvalue weighted by atomic mass is 9.83. The van der Waals surface area contributed by atoms with E-state index in [0.29, 0.717) is 22.3 Å². The van der Waals surface area contributed by atoms with Crippen molar-refractivity contribution in [3.8, 4) is 5.75 Å². The third kappa shape index (κ3) is 2.64. The van der Waals surface area contributed by atoms with Crippen molar-refractivity contribution < 1.29 is 14.3 Å². The van der Waals surface area contributed by atoms with Crippen molar-refractivity contribution in [2.75, 3.05) is 7.11 Å². The third-order valence-corrected chi connectivity index (χ3v) is 4.54. The molecule has 0 fully saturated rings. The van der Waals surface area contributed by atoms with Crippen molar-refractivity contribution in [2.24, 2.45) is 0 Å². The van der Waals surface area contributed by atoms with Crippen LogP contribution in [0.15, 0.2) is 66.7 Å². The van der Waals surface area contributed by atoms with Crippen molar-refractivity contribution in [3.63, 3.8) is 0 Å². The molecule has 0 saturated carbocycles. The van der Waals surface area contributed by atoms with Crippen LogP contribution < -0.4 is 4.74 Å². The Balaban J connectivity index is 1.73. The number of fused-ring (bicyclic) bond motifs is 2. The maximum atomic E-state index is 12.8. The minimum Gasteiger partial charge on any atom is -0.496 e. The normalized spacial score (nSPS) is 12.8. The van der Waals surface area contributed by atoms with Gasteiger partial charge in [-0.2, -0.15) is 0 Å². The van der Waals surface area contributed by atoms with Gasteiger partial charge in [-0.3, -0.25) is 9.59 Å². The Bertz CT molecular complexity index is 1060. The summed E-state index contributed by atoms with van der Waals surface area (Å²) >= 11 is 0. The molecule has 1 aliphatic rings. The summed E-state index contributed by atoms with van der Waals surface area (Å²) in [4.78, 5) is 25.4. The summed E-state index contributed by atoms with van der Waals surface area (Å²) in [7, 11) is 1.63. The van der Waals surface area contributed by atoms with Gasteiger partial charge in [0, 0.05) is 27.8 Å². The number of benzene rings is 3. The molecule has 0 radical (unpaired) electrons. The Labute approximate surface area is 151 Å². The summed E-state index contributed by atoms with van der Waals surface area (Å²) in [5.41, 5.74) is 3.66. The molecule has 3 aromatic rings. The maximum absolute atomic E-state index is 12.8. The van der Waals surface area contributed by atoms with Crippen molar-refractivity contribution in [3.05, 3.63) is 100 Å². The molecule has 0 amide bonds. The molecule has 4 rings (SSSR count). The highest BCUT2D eigenvalue weighted by molar-refractivity contribution is 6.28. The molecule has 26 heavy (non-hydrogen) atoms. The summed E-state index contributed by atoms with van der Waals surface area (Å²) in [6, 6.07) is 20.0. The molecule has 0 N–H and O–H groups in total. The quantitative estimate of drug-likeness (QED) is 0.510. The molecular weight excluding hydrogens is 324 g/mol. The number of ether oxygens (including phenoxy) is 1. The van der Waals surface area contributed by atoms with Crippen molar-refractivity contribution >= 4 is 23.7 Å². The van der Waals surface area contributed by atoms with E-state index in [0.717, 1.165) is 16.9 Å². The second kappa shape index (κ2) is 6.45. The highest BCUT2D eigenvalue weighted by Crippen LogP contribution is 2.28. The SMILES string of the molecule is COc1ccccc1C=Cc1ccc2c(c1)C(=O)c1ccccc1C2=O. The van der Waals surface area contributed by atoms with Crippen LogP contribution >= 0.6 is 0 Å². The number of hydrogen-bond donors (Lipinski definition) is 0. The zero-order valence-electron chi connectivity index (χ0n) is 14.2. The molecule has 0 aromatic heterocycles. The van der Waals surface area contributed by atoms with Crippen LogP contribution in [0.25, 0.3) is 12.2 Å². The fourth-order valence-corrected chi connectivity index (χ4v) is 3.21. The molecule has 0 saturated heterocycles. The van der Waals surface area contributed by atoms with Gasteiger partial charge in [-0.05, 0) is 23.8 Å². The average Bonchev–Trinajstić information content (AvgIpc) is 2.70. The van der Waals surface area contributed by atoms with Crippen molar-refractivity contribution in [2.45, 2.75) is 0 Å². The van der Waals surface area contributed by atoms with Crippen LogP contribution in [0.4, 0.5) is 0 Å². The van der Waals surface area contributed by atoms with Crippen molar-refractivity contribution in [1.29, 1.82) is 0 Å². The molecule has 0 spiro atoms. The fourth-order valence-electron chi connectivity index (χ4n) is 3.21. The van der Waals surface area contributed by atoms with Gasteiger partial charge in [0.15, 0.2) is 11.6 Å². The van der Waals surface area contributed by atoms with Gasteiger partial charge in [0.1, 0.15) is 5.75 Å². The van der Waals surface area contributed by atoms with Crippen LogP contribution in [0.5, 0.6) is 5.75 Å². The predicted molar refractivity (Wildman–Crippen MR) is 102 cm³/mol. The van der Waals surface area contributed by atoms with Gasteiger partial charge in [0.05, 0.1) is 7.11 Å². The summed E-state index contributed by atoms with van der Waals surface area (Å²) in [5, 5.41) is 0. The summed E-state index contributed by atoms with van der Waals surface area (Å²) < 4.78 is 5.34. The van der Waals surface area contributed by atoms with E-state index in [2.05, 4.69) is 0 Å². The lowest BCUT2D eigenvalue weighted by Crippen LogP contribution is -2.20. The predicted octanol–water partition coefficient (Wildman–Crippen LogP) is 4.64. The highest BCUT2D eigenvalue weighted by Gasteiger charge is 2.29. The van der Waals surface area contributed by atoms with E-state index < -0.39 is 0 Å². The first kappa shape index (κ1) is 16.0. The van der Waals surface area contributed by atoms with E-state index in [1.807, 2.05) is 42.5 Å². The number of methoxy groups -OCH3 is 1. The Hall–Kier alpha value is -3.46. The van der Waals surface area contributed by atoms with E-state index >= 15 is 0 Å². The molecule has 3 heteroatoms. The molecule has 3 nitrogen and oxygen atoms in total. The number of para-hydroxylation sites is 1. The topological polar surface area (TPSA) is 43.4 Å². The van der Waals surface area contributed by atoms with E-state index in [9.17, 15) is 9.59 Å². The van der Waals surface area contributed by atoms with E-state index in [-0.39, 0.29) is 11.6 Å². The Kier molecular flexibility index (Phi) is 3.98. The van der Waals surface area contributed by atoms with E-state index in [1.165, 1.54) is 0 Å². The first-order chi connectivity index (χ1) is 12.7. The van der Waals surface area contributed by atoms with E-state index in [4.69, 9.17) is 4.74 Å². The molecule has 0 atom stereocenters. The highest BCUT2D eigenvalue weighted by atomic mass is 16.5. The molecule has 0 bridgehead atoms. The first-order valence-electron chi connectivity index (χ1n) is 8.32. The standard InChI is InChI=1S/C23H16O3/c1-26-21-9-5-2-6-16(21)12-10-15-11-13-19-20(14-15)23(25)18-8-4-3-7-17(18)22(19)24/h2-14H,1H3. The molecule has 126 valence electrons. The number of rotatable bonds is 3. The Morgan fingerprint density at radius 3 is 2.04 bits per heavy atom.